The summed E-state index contributed by atoms with van der Waals surface area (Å²) < 4.78 is 6.16. The molecule has 3 heterocycles. The van der Waals surface area contributed by atoms with E-state index < -0.39 is 42.1 Å². The molecule has 0 saturated carbocycles. The number of amides is 5. The number of hydrogen-bond donors (Lipinski definition) is 3. The maximum atomic E-state index is 12.9. The molecular formula is C22H29N9O6. The van der Waals surface area contributed by atoms with E-state index in [1.54, 1.807) is 20.8 Å². The Labute approximate surface area is 212 Å². The normalized spacial score (nSPS) is 18.9. The third-order valence-corrected chi connectivity index (χ3v) is 5.60. The minimum Gasteiger partial charge on any atom is -0.444 e. The molecule has 2 atom stereocenters. The molecule has 37 heavy (non-hydrogen) atoms. The van der Waals surface area contributed by atoms with Crippen LogP contribution < -0.4 is 16.2 Å². The molecule has 1 aromatic heterocycles. The lowest BCUT2D eigenvalue weighted by Crippen LogP contribution is -2.54. The van der Waals surface area contributed by atoms with E-state index in [1.807, 2.05) is 30.3 Å². The molecule has 0 unspecified atom stereocenters. The summed E-state index contributed by atoms with van der Waals surface area (Å²) in [5, 5.41) is 14.4. The molecular weight excluding hydrogens is 486 g/mol. The van der Waals surface area contributed by atoms with Crippen molar-refractivity contribution in [3.63, 3.8) is 0 Å². The standard InChI is InChI=1S/C22H29N9O6/c1-22(2,3)37-20(34)23-19-26-27-28-30(19)12-17(32)24-25-18(33)16-10-9-15-11-29(16)21(35)31(15)36-13-14-7-5-4-6-8-14/h4-8,15-16H,9-13H2,1-3H3,(H,24,32)(H,25,33)(H,23,26,28,34)/t15-,16+/m1/s1. The number of anilines is 1. The third-order valence-electron chi connectivity index (χ3n) is 5.60. The molecule has 5 amide bonds. The monoisotopic (exact) mass is 515 g/mol. The zero-order valence-corrected chi connectivity index (χ0v) is 20.7. The summed E-state index contributed by atoms with van der Waals surface area (Å²) in [5.74, 6) is -1.29. The molecule has 2 aliphatic heterocycles. The maximum Gasteiger partial charge on any atom is 0.414 e. The quantitative estimate of drug-likeness (QED) is 0.446. The number of tetrazole rings is 1. The van der Waals surface area contributed by atoms with Gasteiger partial charge in [-0.15, -0.1) is 0 Å². The molecule has 2 bridgehead atoms. The Hall–Kier alpha value is -4.27. The Morgan fingerprint density at radius 2 is 1.86 bits per heavy atom. The highest BCUT2D eigenvalue weighted by molar-refractivity contribution is 5.90. The average molecular weight is 516 g/mol. The van der Waals surface area contributed by atoms with Crippen LogP contribution in [0.2, 0.25) is 0 Å². The Balaban J connectivity index is 1.26. The van der Waals surface area contributed by atoms with Crippen molar-refractivity contribution in [2.45, 2.75) is 64.4 Å². The van der Waals surface area contributed by atoms with Crippen molar-refractivity contribution in [1.82, 2.24) is 41.0 Å². The number of aromatic nitrogens is 4. The van der Waals surface area contributed by atoms with Gasteiger partial charge in [0.15, 0.2) is 0 Å². The van der Waals surface area contributed by atoms with Crippen molar-refractivity contribution in [3.8, 4) is 0 Å². The molecule has 1 aromatic carbocycles. The molecule has 2 saturated heterocycles. The van der Waals surface area contributed by atoms with Crippen LogP contribution in [-0.2, 0) is 32.3 Å². The molecule has 0 aliphatic carbocycles. The highest BCUT2D eigenvalue weighted by Crippen LogP contribution is 2.30. The van der Waals surface area contributed by atoms with Crippen LogP contribution in [0.3, 0.4) is 0 Å². The Bertz CT molecular complexity index is 1150. The lowest BCUT2D eigenvalue weighted by molar-refractivity contribution is -0.140. The number of nitrogens with zero attached hydrogens (tertiary/aromatic N) is 6. The smallest absolute Gasteiger partial charge is 0.414 e. The van der Waals surface area contributed by atoms with E-state index in [9.17, 15) is 19.2 Å². The van der Waals surface area contributed by atoms with E-state index in [2.05, 4.69) is 31.7 Å². The Morgan fingerprint density at radius 3 is 2.59 bits per heavy atom. The molecule has 3 N–H and O–H groups in total. The van der Waals surface area contributed by atoms with Crippen molar-refractivity contribution in [1.29, 1.82) is 0 Å². The van der Waals surface area contributed by atoms with Gasteiger partial charge in [0, 0.05) is 6.54 Å². The third kappa shape index (κ3) is 6.49. The van der Waals surface area contributed by atoms with Crippen LogP contribution in [0.15, 0.2) is 30.3 Å². The van der Waals surface area contributed by atoms with E-state index in [1.165, 1.54) is 9.96 Å². The summed E-state index contributed by atoms with van der Waals surface area (Å²) in [6, 6.07) is 8.18. The number of piperidine rings is 1. The van der Waals surface area contributed by atoms with Crippen LogP contribution in [0, 0.1) is 0 Å². The fraction of sp³-hybridized carbons (Fsp3) is 0.500. The van der Waals surface area contributed by atoms with Gasteiger partial charge in [-0.2, -0.15) is 5.06 Å². The number of nitrogens with one attached hydrogen (secondary N) is 3. The fourth-order valence-corrected chi connectivity index (χ4v) is 3.97. The SMILES string of the molecule is CC(C)(C)OC(=O)Nc1nnnn1CC(=O)NNC(=O)[C@@H]1CC[C@@H]2CN1C(=O)N2OCc1ccccc1. The molecule has 198 valence electrons. The fourth-order valence-electron chi connectivity index (χ4n) is 3.97. The lowest BCUT2D eigenvalue weighted by Gasteiger charge is -2.29. The molecule has 0 radical (unpaired) electrons. The average Bonchev–Trinajstić information content (AvgIpc) is 3.37. The number of hydrogen-bond acceptors (Lipinski definition) is 9. The van der Waals surface area contributed by atoms with Crippen LogP contribution >= 0.6 is 0 Å². The second-order valence-electron chi connectivity index (χ2n) is 9.59. The summed E-state index contributed by atoms with van der Waals surface area (Å²) in [4.78, 5) is 57.1. The summed E-state index contributed by atoms with van der Waals surface area (Å²) >= 11 is 0. The summed E-state index contributed by atoms with van der Waals surface area (Å²) in [6.45, 7) is 5.29. The Kier molecular flexibility index (Phi) is 7.52. The molecule has 15 nitrogen and oxygen atoms in total. The number of fused-ring (bicyclic) bond motifs is 2. The van der Waals surface area contributed by atoms with Crippen molar-refractivity contribution in [3.05, 3.63) is 35.9 Å². The minimum absolute atomic E-state index is 0.104. The molecule has 2 fully saturated rings. The summed E-state index contributed by atoms with van der Waals surface area (Å²) in [6.07, 6.45) is 0.207. The van der Waals surface area contributed by atoms with Crippen molar-refractivity contribution in [2.24, 2.45) is 0 Å². The van der Waals surface area contributed by atoms with Crippen molar-refractivity contribution < 1.29 is 28.8 Å². The van der Waals surface area contributed by atoms with Gasteiger partial charge in [0.2, 0.25) is 0 Å². The first-order chi connectivity index (χ1) is 17.6. The van der Waals surface area contributed by atoms with Gasteiger partial charge in [-0.05, 0) is 49.6 Å². The van der Waals surface area contributed by atoms with Crippen LogP contribution in [-0.4, -0.2) is 78.3 Å². The van der Waals surface area contributed by atoms with Gasteiger partial charge in [-0.25, -0.2) is 14.3 Å². The number of ether oxygens (including phenoxy) is 1. The lowest BCUT2D eigenvalue weighted by atomic mass is 10.0. The van der Waals surface area contributed by atoms with E-state index in [0.29, 0.717) is 19.4 Å². The molecule has 2 aromatic rings. The maximum absolute atomic E-state index is 12.9. The first-order valence-corrected chi connectivity index (χ1v) is 11.7. The van der Waals surface area contributed by atoms with E-state index in [0.717, 1.165) is 10.2 Å². The number of carbonyl (C=O) groups excluding carboxylic acids is 4. The molecule has 2 aliphatic rings. The number of rotatable bonds is 7. The molecule has 0 spiro atoms. The number of urea groups is 1. The van der Waals surface area contributed by atoms with Crippen molar-refractivity contribution >= 4 is 29.9 Å². The van der Waals surface area contributed by atoms with E-state index in [-0.39, 0.29) is 18.6 Å². The number of carbonyl (C=O) groups is 4. The van der Waals surface area contributed by atoms with Gasteiger partial charge in [-0.3, -0.25) is 30.6 Å². The predicted molar refractivity (Wildman–Crippen MR) is 126 cm³/mol. The van der Waals surface area contributed by atoms with E-state index >= 15 is 0 Å². The first kappa shape index (κ1) is 25.8. The van der Waals surface area contributed by atoms with Crippen LogP contribution in [0.5, 0.6) is 0 Å². The van der Waals surface area contributed by atoms with Gasteiger partial charge in [-0.1, -0.05) is 35.4 Å². The summed E-state index contributed by atoms with van der Waals surface area (Å²) in [5.41, 5.74) is 4.83. The zero-order chi connectivity index (χ0) is 26.6. The predicted octanol–water partition coefficient (Wildman–Crippen LogP) is 0.568. The Morgan fingerprint density at radius 1 is 1.11 bits per heavy atom. The van der Waals surface area contributed by atoms with Crippen LogP contribution in [0.1, 0.15) is 39.2 Å². The summed E-state index contributed by atoms with van der Waals surface area (Å²) in [7, 11) is 0. The second-order valence-corrected chi connectivity index (χ2v) is 9.59. The van der Waals surface area contributed by atoms with Crippen LogP contribution in [0.4, 0.5) is 15.5 Å². The van der Waals surface area contributed by atoms with E-state index in [4.69, 9.17) is 9.57 Å². The first-order valence-electron chi connectivity index (χ1n) is 11.7. The number of benzene rings is 1. The van der Waals surface area contributed by atoms with Gasteiger partial charge in [0.1, 0.15) is 24.8 Å². The van der Waals surface area contributed by atoms with Crippen LogP contribution in [0.25, 0.3) is 0 Å². The number of hydrazine groups is 1. The van der Waals surface area contributed by atoms with Gasteiger partial charge in [0.25, 0.3) is 17.8 Å². The highest BCUT2D eigenvalue weighted by Gasteiger charge is 2.48. The largest absolute Gasteiger partial charge is 0.444 e. The highest BCUT2D eigenvalue weighted by atomic mass is 16.7. The molecule has 4 rings (SSSR count). The van der Waals surface area contributed by atoms with Gasteiger partial charge < -0.3 is 9.64 Å². The zero-order valence-electron chi connectivity index (χ0n) is 20.7. The topological polar surface area (TPSA) is 173 Å². The second kappa shape index (κ2) is 10.8. The van der Waals surface area contributed by atoms with Gasteiger partial charge >= 0.3 is 12.1 Å². The van der Waals surface area contributed by atoms with Gasteiger partial charge in [0.05, 0.1) is 6.04 Å². The molecule has 15 heteroatoms. The van der Waals surface area contributed by atoms with Crippen molar-refractivity contribution in [2.75, 3.05) is 11.9 Å². The minimum atomic E-state index is -0.787. The number of hydroxylamine groups is 2.